The van der Waals surface area contributed by atoms with Gasteiger partial charge in [0.05, 0.1) is 12.8 Å². The van der Waals surface area contributed by atoms with Gasteiger partial charge in [-0.3, -0.25) is 14.7 Å². The van der Waals surface area contributed by atoms with E-state index in [-0.39, 0.29) is 13.5 Å². The van der Waals surface area contributed by atoms with Gasteiger partial charge in [-0.25, -0.2) is 0 Å². The van der Waals surface area contributed by atoms with Crippen LogP contribution < -0.4 is 5.32 Å². The van der Waals surface area contributed by atoms with Gasteiger partial charge < -0.3 is 19.8 Å². The molecular formula is C6H19N2O5PS. The minimum atomic E-state index is -4.10. The molecule has 0 saturated carbocycles. The second-order valence-electron chi connectivity index (χ2n) is 2.98. The molecule has 94 valence electrons. The maximum atomic E-state index is 10.1. The maximum Gasteiger partial charge on any atom is 0.339 e. The number of hydrogen-bond acceptors (Lipinski definition) is 4. The van der Waals surface area contributed by atoms with Gasteiger partial charge in [0.1, 0.15) is 0 Å². The van der Waals surface area contributed by atoms with Crippen LogP contribution in [0.25, 0.3) is 0 Å². The molecule has 0 spiro atoms. The number of carboxylic acids is 1. The lowest BCUT2D eigenvalue weighted by molar-refractivity contribution is -0.135. The van der Waals surface area contributed by atoms with Gasteiger partial charge in [-0.15, -0.1) is 0 Å². The smallest absolute Gasteiger partial charge is 0.339 e. The summed E-state index contributed by atoms with van der Waals surface area (Å²) in [5, 5.41) is 10.1. The van der Waals surface area contributed by atoms with E-state index >= 15 is 0 Å². The van der Waals surface area contributed by atoms with E-state index in [0.717, 1.165) is 0 Å². The highest BCUT2D eigenvalue weighted by Crippen LogP contribution is 2.31. The van der Waals surface area contributed by atoms with Gasteiger partial charge in [0.25, 0.3) is 0 Å². The Morgan fingerprint density at radius 3 is 1.87 bits per heavy atom. The number of nitrogens with one attached hydrogen (secondary N) is 1. The summed E-state index contributed by atoms with van der Waals surface area (Å²) in [4.78, 5) is 28.1. The molecule has 0 aliphatic heterocycles. The van der Waals surface area contributed by atoms with Crippen LogP contribution in [-0.4, -0.2) is 59.7 Å². The largest absolute Gasteiger partial charge is 0.480 e. The van der Waals surface area contributed by atoms with E-state index in [9.17, 15) is 9.36 Å². The highest BCUT2D eigenvalue weighted by molar-refractivity contribution is 7.59. The predicted molar refractivity (Wildman–Crippen MR) is 62.5 cm³/mol. The standard InChI is InChI=1S/C3H8NO5P.C3H9N.H2S/c5-3(6)1-4-2-10(7,8)9;1-4(2)3;/h4H,1-2H2,(H,5,6)(H2,7,8,9);1-3H3;1H2. The van der Waals surface area contributed by atoms with E-state index in [1.165, 1.54) is 0 Å². The molecule has 0 unspecified atom stereocenters. The number of nitrogens with zero attached hydrogens (tertiary/aromatic N) is 1. The molecule has 7 nitrogen and oxygen atoms in total. The molecule has 0 atom stereocenters. The number of hydrogen-bond donors (Lipinski definition) is 4. The van der Waals surface area contributed by atoms with E-state index in [0.29, 0.717) is 0 Å². The molecule has 0 rings (SSSR count). The van der Waals surface area contributed by atoms with E-state index in [2.05, 4.69) is 5.32 Å². The van der Waals surface area contributed by atoms with Gasteiger partial charge in [0, 0.05) is 0 Å². The first-order valence-corrected chi connectivity index (χ1v) is 5.53. The van der Waals surface area contributed by atoms with Crippen LogP contribution in [0.4, 0.5) is 0 Å². The summed E-state index contributed by atoms with van der Waals surface area (Å²) < 4.78 is 10.1. The first-order valence-electron chi connectivity index (χ1n) is 3.73. The fraction of sp³-hybridized carbons (Fsp3) is 0.833. The van der Waals surface area contributed by atoms with Crippen LogP contribution in [0.5, 0.6) is 0 Å². The van der Waals surface area contributed by atoms with Gasteiger partial charge >= 0.3 is 13.6 Å². The van der Waals surface area contributed by atoms with E-state index in [1.807, 2.05) is 26.0 Å². The predicted octanol–water partition coefficient (Wildman–Crippen LogP) is -0.914. The number of carbonyl (C=O) groups is 1. The summed E-state index contributed by atoms with van der Waals surface area (Å²) in [6, 6.07) is 0. The molecule has 0 saturated heterocycles. The molecule has 4 N–H and O–H groups in total. The van der Waals surface area contributed by atoms with Gasteiger partial charge in [0.15, 0.2) is 0 Å². The van der Waals surface area contributed by atoms with Crippen molar-refractivity contribution in [3.8, 4) is 0 Å². The Labute approximate surface area is 96.1 Å². The van der Waals surface area contributed by atoms with Crippen molar-refractivity contribution in [3.05, 3.63) is 0 Å². The minimum absolute atomic E-state index is 0. The van der Waals surface area contributed by atoms with Crippen molar-refractivity contribution in [2.75, 3.05) is 34.0 Å². The second kappa shape index (κ2) is 10.4. The van der Waals surface area contributed by atoms with Crippen molar-refractivity contribution in [1.29, 1.82) is 0 Å². The van der Waals surface area contributed by atoms with Gasteiger partial charge in [-0.2, -0.15) is 13.5 Å². The van der Waals surface area contributed by atoms with Gasteiger partial charge in [0.2, 0.25) is 0 Å². The lowest BCUT2D eigenvalue weighted by atomic mass is 10.7. The van der Waals surface area contributed by atoms with Crippen molar-refractivity contribution in [2.45, 2.75) is 0 Å². The van der Waals surface area contributed by atoms with Crippen LogP contribution in [0, 0.1) is 0 Å². The summed E-state index contributed by atoms with van der Waals surface area (Å²) in [5.41, 5.74) is 0. The minimum Gasteiger partial charge on any atom is -0.480 e. The first kappa shape index (κ1) is 20.3. The third kappa shape index (κ3) is 41.4. The Kier molecular flexibility index (Phi) is 14.1. The Bertz CT molecular complexity index is 205. The Hall–Kier alpha value is -0.110. The average Bonchev–Trinajstić information content (AvgIpc) is 1.80. The van der Waals surface area contributed by atoms with Crippen LogP contribution in [0.1, 0.15) is 0 Å². The zero-order valence-electron chi connectivity index (χ0n) is 8.97. The normalized spacial score (nSPS) is 10.0. The molecule has 0 amide bonds. The SMILES string of the molecule is CN(C)C.O=C(O)CNCP(=O)(O)O.S. The van der Waals surface area contributed by atoms with Crippen LogP contribution in [-0.2, 0) is 9.36 Å². The van der Waals surface area contributed by atoms with E-state index in [1.54, 1.807) is 0 Å². The fourth-order valence-electron chi connectivity index (χ4n) is 0.308. The van der Waals surface area contributed by atoms with Crippen LogP contribution in [0.2, 0.25) is 0 Å². The first-order chi connectivity index (χ1) is 6.15. The number of rotatable bonds is 4. The molecule has 0 aromatic rings. The Morgan fingerprint density at radius 1 is 1.33 bits per heavy atom. The highest BCUT2D eigenvalue weighted by atomic mass is 32.1. The monoisotopic (exact) mass is 262 g/mol. The maximum absolute atomic E-state index is 10.1. The molecule has 15 heavy (non-hydrogen) atoms. The molecule has 0 aromatic carbocycles. The highest BCUT2D eigenvalue weighted by Gasteiger charge is 2.11. The Balaban J connectivity index is -0.000000249. The van der Waals surface area contributed by atoms with E-state index in [4.69, 9.17) is 14.9 Å². The second-order valence-corrected chi connectivity index (χ2v) is 4.63. The number of aliphatic carboxylic acids is 1. The third-order valence-electron chi connectivity index (χ3n) is 0.594. The van der Waals surface area contributed by atoms with Crippen LogP contribution in [0.3, 0.4) is 0 Å². The zero-order chi connectivity index (χ0) is 11.8. The molecule has 0 fully saturated rings. The van der Waals surface area contributed by atoms with Gasteiger partial charge in [-0.05, 0) is 21.1 Å². The average molecular weight is 262 g/mol. The molecule has 0 aliphatic rings. The van der Waals surface area contributed by atoms with Crippen molar-refractivity contribution >= 4 is 27.1 Å². The fourth-order valence-corrected chi connectivity index (χ4v) is 0.712. The lowest BCUT2D eigenvalue weighted by Gasteiger charge is -2.02. The molecule has 0 aliphatic carbocycles. The summed E-state index contributed by atoms with van der Waals surface area (Å²) in [6.45, 7) is -0.439. The topological polar surface area (TPSA) is 110 Å². The summed E-state index contributed by atoms with van der Waals surface area (Å²) >= 11 is 0. The summed E-state index contributed by atoms with van der Waals surface area (Å²) in [5.74, 6) is -1.14. The summed E-state index contributed by atoms with van der Waals surface area (Å²) in [7, 11) is 1.90. The van der Waals surface area contributed by atoms with Crippen LogP contribution >= 0.6 is 21.1 Å². The molecule has 9 heteroatoms. The Morgan fingerprint density at radius 2 is 1.67 bits per heavy atom. The molecule has 0 radical (unpaired) electrons. The molecular weight excluding hydrogens is 243 g/mol. The van der Waals surface area contributed by atoms with Crippen LogP contribution in [0.15, 0.2) is 0 Å². The lowest BCUT2D eigenvalue weighted by Crippen LogP contribution is -2.23. The number of carboxylic acid groups (broad SMARTS) is 1. The summed E-state index contributed by atoms with van der Waals surface area (Å²) in [6.07, 6.45) is -0.598. The zero-order valence-corrected chi connectivity index (χ0v) is 10.9. The van der Waals surface area contributed by atoms with Crippen molar-refractivity contribution in [2.24, 2.45) is 0 Å². The van der Waals surface area contributed by atoms with Crippen molar-refractivity contribution in [3.63, 3.8) is 0 Å². The molecule has 0 aromatic heterocycles. The van der Waals surface area contributed by atoms with E-state index < -0.39 is 26.4 Å². The molecule has 0 heterocycles. The van der Waals surface area contributed by atoms with Gasteiger partial charge in [-0.1, -0.05) is 0 Å². The quantitative estimate of drug-likeness (QED) is 0.485. The van der Waals surface area contributed by atoms with Crippen molar-refractivity contribution in [1.82, 2.24) is 10.2 Å². The van der Waals surface area contributed by atoms with Crippen molar-refractivity contribution < 1.29 is 24.3 Å². The molecule has 0 bridgehead atoms. The third-order valence-corrected chi connectivity index (χ3v) is 1.23.